The molecule has 17 heavy (non-hydrogen) atoms. The van der Waals surface area contributed by atoms with Gasteiger partial charge in [0.2, 0.25) is 0 Å². The second-order valence-electron chi connectivity index (χ2n) is 3.54. The maximum absolute atomic E-state index is 11.3. The molecule has 0 radical (unpaired) electrons. The van der Waals surface area contributed by atoms with Crippen molar-refractivity contribution in [2.24, 2.45) is 0 Å². The van der Waals surface area contributed by atoms with Gasteiger partial charge in [0, 0.05) is 0 Å². The van der Waals surface area contributed by atoms with Crippen LogP contribution in [-0.4, -0.2) is 20.8 Å². The number of hydrogen-bond acceptors (Lipinski definition) is 6. The van der Waals surface area contributed by atoms with Gasteiger partial charge in [0.15, 0.2) is 12.3 Å². The molecule has 1 atom stereocenters. The Labute approximate surface area is 103 Å². The van der Waals surface area contributed by atoms with Crippen molar-refractivity contribution in [3.05, 3.63) is 0 Å². The van der Waals surface area contributed by atoms with E-state index in [1.807, 2.05) is 0 Å². The molecule has 0 aliphatic heterocycles. The topological polar surface area (TPSA) is 123 Å². The largest absolute Gasteiger partial charge is 0.485 e. The summed E-state index contributed by atoms with van der Waals surface area (Å²) < 4.78 is 34.4. The Kier molecular flexibility index (Phi) is 6.12. The van der Waals surface area contributed by atoms with Gasteiger partial charge in [-0.3, -0.25) is 4.52 Å². The van der Waals surface area contributed by atoms with Crippen LogP contribution in [0.1, 0.15) is 32.1 Å². The van der Waals surface area contributed by atoms with Crippen LogP contribution in [0.4, 0.5) is 0 Å². The fraction of sp³-hybridized carbons (Fsp3) is 1.00. The van der Waals surface area contributed by atoms with Gasteiger partial charge in [-0.25, -0.2) is 9.13 Å². The molecule has 1 aliphatic rings. The van der Waals surface area contributed by atoms with Crippen molar-refractivity contribution in [2.45, 2.75) is 38.2 Å². The molecule has 3 N–H and O–H groups in total. The summed E-state index contributed by atoms with van der Waals surface area (Å²) in [6.07, 6.45) is 3.85. The molecule has 102 valence electrons. The Morgan fingerprint density at radius 2 is 1.59 bits per heavy atom. The fourth-order valence-electron chi connectivity index (χ4n) is 1.47. The molecule has 0 amide bonds. The highest BCUT2D eigenvalue weighted by atomic mass is 32.2. The zero-order valence-electron chi connectivity index (χ0n) is 8.80. The van der Waals surface area contributed by atoms with E-state index in [-0.39, 0.29) is 18.4 Å². The minimum atomic E-state index is -4.74. The van der Waals surface area contributed by atoms with Gasteiger partial charge in [0.1, 0.15) is 0 Å². The second kappa shape index (κ2) is 6.65. The van der Waals surface area contributed by atoms with Crippen LogP contribution in [0.5, 0.6) is 0 Å². The maximum atomic E-state index is 11.3. The van der Waals surface area contributed by atoms with Crippen molar-refractivity contribution in [3.8, 4) is 0 Å². The first-order chi connectivity index (χ1) is 7.79. The Hall–Kier alpha value is 0.570. The predicted octanol–water partition coefficient (Wildman–Crippen LogP) is 2.13. The number of phosphoric ester groups is 1. The van der Waals surface area contributed by atoms with Crippen LogP contribution >= 0.6 is 28.0 Å². The predicted molar refractivity (Wildman–Crippen MR) is 59.6 cm³/mol. The van der Waals surface area contributed by atoms with Gasteiger partial charge in [0.05, 0.1) is 6.10 Å². The highest BCUT2D eigenvalue weighted by Gasteiger charge is 2.30. The summed E-state index contributed by atoms with van der Waals surface area (Å²) >= 11 is -0.246. The van der Waals surface area contributed by atoms with Crippen molar-refractivity contribution in [3.63, 3.8) is 0 Å². The Morgan fingerprint density at radius 1 is 1.00 bits per heavy atom. The second-order valence-corrected chi connectivity index (χ2v) is 7.00. The molecule has 0 spiro atoms. The van der Waals surface area contributed by atoms with Crippen LogP contribution < -0.4 is 0 Å². The SMILES string of the molecule is O=P(O)(O)OSOP(=O)(O)OC1CCCCC1. The average molecular weight is 308 g/mol. The molecule has 1 rings (SSSR count). The third-order valence-corrected chi connectivity index (χ3v) is 4.67. The third-order valence-electron chi connectivity index (χ3n) is 2.09. The smallest absolute Gasteiger partial charge is 0.302 e. The number of hydrogen-bond donors (Lipinski definition) is 3. The van der Waals surface area contributed by atoms with Crippen LogP contribution in [0.3, 0.4) is 0 Å². The van der Waals surface area contributed by atoms with Crippen LogP contribution in [-0.2, 0) is 21.6 Å². The fourth-order valence-corrected chi connectivity index (χ4v) is 3.17. The molecule has 0 aromatic rings. The Balaban J connectivity index is 2.29. The first-order valence-electron chi connectivity index (χ1n) is 4.90. The van der Waals surface area contributed by atoms with Crippen molar-refractivity contribution in [1.29, 1.82) is 0 Å². The van der Waals surface area contributed by atoms with Crippen molar-refractivity contribution >= 4 is 28.0 Å². The molecule has 0 bridgehead atoms. The molecule has 11 heteroatoms. The summed E-state index contributed by atoms with van der Waals surface area (Å²) in [5.74, 6) is 0. The quantitative estimate of drug-likeness (QED) is 0.500. The molecule has 0 saturated heterocycles. The minimum Gasteiger partial charge on any atom is -0.302 e. The van der Waals surface area contributed by atoms with Gasteiger partial charge in [-0.15, -0.1) is 0 Å². The van der Waals surface area contributed by atoms with Crippen molar-refractivity contribution < 1.29 is 36.3 Å². The monoisotopic (exact) mass is 308 g/mol. The van der Waals surface area contributed by atoms with Crippen LogP contribution in [0.25, 0.3) is 0 Å². The zero-order valence-corrected chi connectivity index (χ0v) is 11.4. The molecule has 1 fully saturated rings. The molecule has 0 heterocycles. The lowest BCUT2D eigenvalue weighted by Crippen LogP contribution is -2.15. The third kappa shape index (κ3) is 7.56. The summed E-state index contributed by atoms with van der Waals surface area (Å²) in [5.41, 5.74) is 0. The molecule has 1 unspecified atom stereocenters. The van der Waals surface area contributed by atoms with Crippen molar-refractivity contribution in [1.82, 2.24) is 0 Å². The lowest BCUT2D eigenvalue weighted by molar-refractivity contribution is 0.110. The normalized spacial score (nSPS) is 22.3. The number of rotatable bonds is 6. The molecule has 1 aliphatic carbocycles. The standard InChI is InChI=1S/C6H14O8P2S/c7-15(8,9)13-17-14-16(10,11)12-6-4-2-1-3-5-6/h6H,1-5H2,(H,10,11)(H2,7,8,9). The Morgan fingerprint density at radius 3 is 2.12 bits per heavy atom. The van der Waals surface area contributed by atoms with E-state index in [4.69, 9.17) is 14.3 Å². The lowest BCUT2D eigenvalue weighted by atomic mass is 9.98. The van der Waals surface area contributed by atoms with Gasteiger partial charge in [-0.05, 0) is 12.8 Å². The highest BCUT2D eigenvalue weighted by Crippen LogP contribution is 2.53. The molecular formula is C6H14O8P2S. The van der Waals surface area contributed by atoms with E-state index in [2.05, 4.69) is 7.94 Å². The zero-order chi connectivity index (χ0) is 12.9. The Bertz CT molecular complexity index is 324. The van der Waals surface area contributed by atoms with E-state index in [0.29, 0.717) is 12.8 Å². The van der Waals surface area contributed by atoms with Crippen molar-refractivity contribution in [2.75, 3.05) is 0 Å². The summed E-state index contributed by atoms with van der Waals surface area (Å²) in [5, 5.41) is 0. The highest BCUT2D eigenvalue weighted by molar-refractivity contribution is 7.96. The van der Waals surface area contributed by atoms with Gasteiger partial charge < -0.3 is 14.7 Å². The van der Waals surface area contributed by atoms with Crippen LogP contribution in [0, 0.1) is 0 Å². The minimum absolute atomic E-state index is 0.246. The van der Waals surface area contributed by atoms with E-state index < -0.39 is 15.6 Å². The van der Waals surface area contributed by atoms with Gasteiger partial charge >= 0.3 is 15.6 Å². The van der Waals surface area contributed by atoms with E-state index in [1.54, 1.807) is 0 Å². The molecule has 0 aromatic heterocycles. The van der Waals surface area contributed by atoms with Gasteiger partial charge in [-0.1, -0.05) is 19.3 Å². The average Bonchev–Trinajstić information content (AvgIpc) is 2.15. The first-order valence-corrected chi connectivity index (χ1v) is 8.59. The van der Waals surface area contributed by atoms with Crippen LogP contribution in [0.15, 0.2) is 0 Å². The maximum Gasteiger partial charge on any atom is 0.485 e. The van der Waals surface area contributed by atoms with E-state index in [1.165, 1.54) is 0 Å². The lowest BCUT2D eigenvalue weighted by Gasteiger charge is -2.23. The summed E-state index contributed by atoms with van der Waals surface area (Å²) in [4.78, 5) is 25.8. The van der Waals surface area contributed by atoms with E-state index in [0.717, 1.165) is 19.3 Å². The summed E-state index contributed by atoms with van der Waals surface area (Å²) in [6.45, 7) is 0. The van der Waals surface area contributed by atoms with Gasteiger partial charge in [0.25, 0.3) is 0 Å². The van der Waals surface area contributed by atoms with E-state index in [9.17, 15) is 14.0 Å². The van der Waals surface area contributed by atoms with Crippen LogP contribution in [0.2, 0.25) is 0 Å². The molecule has 1 saturated carbocycles. The van der Waals surface area contributed by atoms with E-state index >= 15 is 0 Å². The summed E-state index contributed by atoms with van der Waals surface area (Å²) in [6, 6.07) is 0. The molecular weight excluding hydrogens is 294 g/mol. The molecule has 8 nitrogen and oxygen atoms in total. The molecule has 0 aromatic carbocycles. The first kappa shape index (κ1) is 15.6. The summed E-state index contributed by atoms with van der Waals surface area (Å²) in [7, 11) is -9.10. The number of phosphoric acid groups is 2. The van der Waals surface area contributed by atoms with Gasteiger partial charge in [-0.2, -0.15) is 7.94 Å².